The van der Waals surface area contributed by atoms with E-state index in [1.54, 1.807) is 12.1 Å². The maximum absolute atomic E-state index is 11.9. The second kappa shape index (κ2) is 7.33. The number of rotatable bonds is 4. The van der Waals surface area contributed by atoms with Crippen LogP contribution in [0.1, 0.15) is 11.5 Å². The summed E-state index contributed by atoms with van der Waals surface area (Å²) in [7, 11) is 0. The van der Waals surface area contributed by atoms with Gasteiger partial charge in [-0.05, 0) is 23.8 Å². The average Bonchev–Trinajstić information content (AvgIpc) is 2.99. The third-order valence-electron chi connectivity index (χ3n) is 3.06. The number of halogens is 2. The monoisotopic (exact) mass is 362 g/mol. The molecule has 0 unspecified atom stereocenters. The number of benzene rings is 2. The minimum atomic E-state index is -0.525. The number of nitrogens with one attached hydrogen (secondary N) is 2. The number of carbonyl (C=O) groups is 1. The minimum Gasteiger partial charge on any atom is -0.407 e. The first-order valence-electron chi connectivity index (χ1n) is 6.99. The van der Waals surface area contributed by atoms with E-state index in [4.69, 9.17) is 27.6 Å². The molecule has 3 aromatic rings. The van der Waals surface area contributed by atoms with Crippen molar-refractivity contribution in [3.63, 3.8) is 0 Å². The topological polar surface area (TPSA) is 80.0 Å². The summed E-state index contributed by atoms with van der Waals surface area (Å²) in [5, 5.41) is 13.5. The Hall–Kier alpha value is -2.57. The summed E-state index contributed by atoms with van der Waals surface area (Å²) in [5.41, 5.74) is 1.53. The lowest BCUT2D eigenvalue weighted by Crippen LogP contribution is -2.19. The van der Waals surface area contributed by atoms with Gasteiger partial charge in [0.2, 0.25) is 5.89 Å². The fraction of sp³-hybridized carbons (Fsp3) is 0.0625. The van der Waals surface area contributed by atoms with Gasteiger partial charge in [0.05, 0.1) is 16.5 Å². The molecule has 2 amide bonds. The van der Waals surface area contributed by atoms with E-state index in [0.29, 0.717) is 28.0 Å². The molecule has 0 spiro atoms. The summed E-state index contributed by atoms with van der Waals surface area (Å²) in [6.07, 6.45) is 0.490. The van der Waals surface area contributed by atoms with Crippen molar-refractivity contribution < 1.29 is 9.21 Å². The molecule has 0 saturated carbocycles. The average molecular weight is 363 g/mol. The molecule has 0 saturated heterocycles. The minimum absolute atomic E-state index is 0.0125. The molecule has 2 aromatic carbocycles. The lowest BCUT2D eigenvalue weighted by molar-refractivity contribution is 0.261. The number of aromatic nitrogens is 2. The molecule has 6 nitrogen and oxygen atoms in total. The number of anilines is 2. The normalized spacial score (nSPS) is 10.4. The van der Waals surface area contributed by atoms with Gasteiger partial charge >= 0.3 is 12.0 Å². The number of urea groups is 1. The summed E-state index contributed by atoms with van der Waals surface area (Å²) in [6.45, 7) is 0. The van der Waals surface area contributed by atoms with Crippen LogP contribution in [0.2, 0.25) is 10.0 Å². The quantitative estimate of drug-likeness (QED) is 0.709. The van der Waals surface area contributed by atoms with Crippen molar-refractivity contribution in [3.8, 4) is 0 Å². The van der Waals surface area contributed by atoms with Gasteiger partial charge in [-0.3, -0.25) is 5.32 Å². The Morgan fingerprint density at radius 1 is 1.00 bits per heavy atom. The van der Waals surface area contributed by atoms with E-state index in [0.717, 1.165) is 5.56 Å². The Labute approximate surface area is 147 Å². The summed E-state index contributed by atoms with van der Waals surface area (Å²) in [6, 6.07) is 13.9. The Balaban J connectivity index is 1.59. The van der Waals surface area contributed by atoms with E-state index in [2.05, 4.69) is 20.8 Å². The molecule has 1 heterocycles. The van der Waals surface area contributed by atoms with Crippen LogP contribution in [-0.4, -0.2) is 16.2 Å². The molecule has 0 radical (unpaired) electrons. The van der Waals surface area contributed by atoms with Crippen LogP contribution < -0.4 is 10.6 Å². The van der Waals surface area contributed by atoms with E-state index in [-0.39, 0.29) is 6.01 Å². The third kappa shape index (κ3) is 4.24. The number of nitrogens with zero attached hydrogens (tertiary/aromatic N) is 2. The molecule has 0 aliphatic carbocycles. The molecule has 0 atom stereocenters. The van der Waals surface area contributed by atoms with Crippen LogP contribution in [-0.2, 0) is 6.42 Å². The molecule has 122 valence electrons. The first-order chi connectivity index (χ1) is 11.6. The summed E-state index contributed by atoms with van der Waals surface area (Å²) in [5.74, 6) is 0.408. The molecule has 0 fully saturated rings. The van der Waals surface area contributed by atoms with Crippen LogP contribution in [0.25, 0.3) is 0 Å². The molecule has 24 heavy (non-hydrogen) atoms. The highest BCUT2D eigenvalue weighted by atomic mass is 35.5. The zero-order valence-corrected chi connectivity index (χ0v) is 13.8. The van der Waals surface area contributed by atoms with Gasteiger partial charge in [0.1, 0.15) is 0 Å². The second-order valence-electron chi connectivity index (χ2n) is 4.87. The lowest BCUT2D eigenvalue weighted by atomic mass is 10.2. The Morgan fingerprint density at radius 2 is 1.79 bits per heavy atom. The number of hydrogen-bond acceptors (Lipinski definition) is 4. The van der Waals surface area contributed by atoms with E-state index in [9.17, 15) is 4.79 Å². The van der Waals surface area contributed by atoms with Crippen LogP contribution in [0.3, 0.4) is 0 Å². The van der Waals surface area contributed by atoms with Crippen LogP contribution >= 0.6 is 23.2 Å². The van der Waals surface area contributed by atoms with Crippen molar-refractivity contribution in [2.45, 2.75) is 6.42 Å². The van der Waals surface area contributed by atoms with Gasteiger partial charge < -0.3 is 9.73 Å². The number of hydrogen-bond donors (Lipinski definition) is 2. The van der Waals surface area contributed by atoms with Crippen molar-refractivity contribution in [1.29, 1.82) is 0 Å². The van der Waals surface area contributed by atoms with Gasteiger partial charge in [0, 0.05) is 5.69 Å². The van der Waals surface area contributed by atoms with Gasteiger partial charge in [-0.15, -0.1) is 5.10 Å². The van der Waals surface area contributed by atoms with Crippen LogP contribution in [0.5, 0.6) is 0 Å². The molecule has 0 aliphatic heterocycles. The third-order valence-corrected chi connectivity index (χ3v) is 3.80. The van der Waals surface area contributed by atoms with Gasteiger partial charge in [-0.1, -0.05) is 58.6 Å². The van der Waals surface area contributed by atoms with Crippen molar-refractivity contribution in [1.82, 2.24) is 10.2 Å². The summed E-state index contributed by atoms with van der Waals surface area (Å²) in [4.78, 5) is 11.9. The smallest absolute Gasteiger partial charge is 0.327 e. The first-order valence-corrected chi connectivity index (χ1v) is 7.75. The van der Waals surface area contributed by atoms with Crippen molar-refractivity contribution in [3.05, 3.63) is 70.0 Å². The molecular formula is C16H12Cl2N4O2. The lowest BCUT2D eigenvalue weighted by Gasteiger charge is -2.05. The predicted octanol–water partition coefficient (Wildman–Crippen LogP) is 4.61. The SMILES string of the molecule is O=C(Nc1ccc(Cl)c(Cl)c1)Nc1nnc(Cc2ccccc2)o1. The highest BCUT2D eigenvalue weighted by Gasteiger charge is 2.11. The molecule has 2 N–H and O–H groups in total. The number of carbonyl (C=O) groups excluding carboxylic acids is 1. The second-order valence-corrected chi connectivity index (χ2v) is 5.69. The van der Waals surface area contributed by atoms with Crippen molar-refractivity contribution in [2.24, 2.45) is 0 Å². The van der Waals surface area contributed by atoms with Crippen LogP contribution in [0, 0.1) is 0 Å². The van der Waals surface area contributed by atoms with Gasteiger partial charge in [0.25, 0.3) is 0 Å². The Bertz CT molecular complexity index is 852. The molecule has 3 rings (SSSR count). The first kappa shape index (κ1) is 16.3. The Morgan fingerprint density at radius 3 is 2.54 bits per heavy atom. The van der Waals surface area contributed by atoms with Crippen LogP contribution in [0.15, 0.2) is 52.9 Å². The Kier molecular flexibility index (Phi) is 4.98. The van der Waals surface area contributed by atoms with E-state index in [1.807, 2.05) is 30.3 Å². The fourth-order valence-electron chi connectivity index (χ4n) is 1.98. The fourth-order valence-corrected chi connectivity index (χ4v) is 2.28. The standard InChI is InChI=1S/C16H12Cl2N4O2/c17-12-7-6-11(9-13(12)18)19-15(23)20-16-22-21-14(24-16)8-10-4-2-1-3-5-10/h1-7,9H,8H2,(H2,19,20,22,23). The van der Waals surface area contributed by atoms with Crippen LogP contribution in [0.4, 0.5) is 16.5 Å². The van der Waals surface area contributed by atoms with Gasteiger partial charge in [-0.25, -0.2) is 4.79 Å². The van der Waals surface area contributed by atoms with E-state index < -0.39 is 6.03 Å². The van der Waals surface area contributed by atoms with Crippen molar-refractivity contribution >= 4 is 40.9 Å². The largest absolute Gasteiger partial charge is 0.407 e. The van der Waals surface area contributed by atoms with Crippen molar-refractivity contribution in [2.75, 3.05) is 10.6 Å². The van der Waals surface area contributed by atoms with Gasteiger partial charge in [-0.2, -0.15) is 0 Å². The highest BCUT2D eigenvalue weighted by Crippen LogP contribution is 2.25. The molecular weight excluding hydrogens is 351 g/mol. The maximum Gasteiger partial charge on any atom is 0.327 e. The zero-order valence-electron chi connectivity index (χ0n) is 12.3. The summed E-state index contributed by atoms with van der Waals surface area (Å²) >= 11 is 11.7. The number of amides is 2. The molecule has 0 aliphatic rings. The highest BCUT2D eigenvalue weighted by molar-refractivity contribution is 6.42. The summed E-state index contributed by atoms with van der Waals surface area (Å²) < 4.78 is 5.40. The van der Waals surface area contributed by atoms with Gasteiger partial charge in [0.15, 0.2) is 0 Å². The molecule has 8 heteroatoms. The maximum atomic E-state index is 11.9. The van der Waals surface area contributed by atoms with E-state index in [1.165, 1.54) is 6.07 Å². The molecule has 1 aromatic heterocycles. The van der Waals surface area contributed by atoms with E-state index >= 15 is 0 Å². The predicted molar refractivity (Wildman–Crippen MR) is 92.6 cm³/mol. The molecule has 0 bridgehead atoms. The zero-order chi connectivity index (χ0) is 16.9.